The smallest absolute Gasteiger partial charge is 0.336 e. The minimum absolute atomic E-state index is 0.324. The van der Waals surface area contributed by atoms with Crippen LogP contribution in [-0.2, 0) is 13.1 Å². The molecule has 1 aliphatic rings. The van der Waals surface area contributed by atoms with Crippen molar-refractivity contribution in [2.45, 2.75) is 20.0 Å². The number of benzene rings is 2. The van der Waals surface area contributed by atoms with Gasteiger partial charge >= 0.3 is 5.63 Å². The van der Waals surface area contributed by atoms with Crippen LogP contribution in [0.4, 0.5) is 0 Å². The molecule has 0 amide bonds. The summed E-state index contributed by atoms with van der Waals surface area (Å²) in [6.45, 7) is 4.03. The van der Waals surface area contributed by atoms with Crippen molar-refractivity contribution in [3.05, 3.63) is 74.6 Å². The molecule has 0 saturated heterocycles. The predicted molar refractivity (Wildman–Crippen MR) is 92.5 cm³/mol. The lowest BCUT2D eigenvalue weighted by Crippen LogP contribution is -3.10. The summed E-state index contributed by atoms with van der Waals surface area (Å²) in [7, 11) is 0. The van der Waals surface area contributed by atoms with Gasteiger partial charge in [0.05, 0.1) is 5.56 Å². The molecule has 1 atom stereocenters. The van der Waals surface area contributed by atoms with Gasteiger partial charge in [-0.15, -0.1) is 0 Å². The van der Waals surface area contributed by atoms with Crippen molar-refractivity contribution in [2.75, 3.05) is 6.73 Å². The van der Waals surface area contributed by atoms with Gasteiger partial charge in [-0.1, -0.05) is 23.7 Å². The Balaban J connectivity index is 1.71. The summed E-state index contributed by atoms with van der Waals surface area (Å²) in [5, 5.41) is 1.69. The van der Waals surface area contributed by atoms with E-state index in [4.69, 9.17) is 20.8 Å². The van der Waals surface area contributed by atoms with Crippen LogP contribution in [0, 0.1) is 6.92 Å². The summed E-state index contributed by atoms with van der Waals surface area (Å²) in [6.07, 6.45) is 0. The third kappa shape index (κ3) is 2.79. The molecule has 2 heterocycles. The maximum Gasteiger partial charge on any atom is 0.336 e. The van der Waals surface area contributed by atoms with Crippen LogP contribution in [0.3, 0.4) is 0 Å². The van der Waals surface area contributed by atoms with E-state index in [1.807, 2.05) is 37.3 Å². The normalized spacial score (nSPS) is 16.7. The van der Waals surface area contributed by atoms with Gasteiger partial charge in [0.2, 0.25) is 6.73 Å². The quantitative estimate of drug-likeness (QED) is 0.728. The van der Waals surface area contributed by atoms with Crippen LogP contribution in [-0.4, -0.2) is 6.73 Å². The lowest BCUT2D eigenvalue weighted by molar-refractivity contribution is -0.945. The maximum absolute atomic E-state index is 11.8. The fourth-order valence-electron chi connectivity index (χ4n) is 3.25. The van der Waals surface area contributed by atoms with Crippen molar-refractivity contribution < 1.29 is 14.1 Å². The molecule has 0 saturated carbocycles. The third-order valence-corrected chi connectivity index (χ3v) is 4.62. The molecular weight excluding hydrogens is 326 g/mol. The lowest BCUT2D eigenvalue weighted by atomic mass is 10.0. The number of nitrogens with one attached hydrogen (secondary N) is 1. The minimum Gasteiger partial charge on any atom is -0.445 e. The van der Waals surface area contributed by atoms with Crippen LogP contribution in [0.5, 0.6) is 5.75 Å². The Morgan fingerprint density at radius 1 is 1.21 bits per heavy atom. The number of rotatable bonds is 2. The van der Waals surface area contributed by atoms with Crippen molar-refractivity contribution in [3.8, 4) is 5.75 Å². The molecule has 0 fully saturated rings. The first-order valence-electron chi connectivity index (χ1n) is 7.87. The second-order valence-corrected chi connectivity index (χ2v) is 6.63. The molecule has 24 heavy (non-hydrogen) atoms. The summed E-state index contributed by atoms with van der Waals surface area (Å²) in [6, 6.07) is 13.3. The first-order chi connectivity index (χ1) is 11.6. The fraction of sp³-hybridized carbons (Fsp3) is 0.211. The van der Waals surface area contributed by atoms with Crippen LogP contribution >= 0.6 is 11.6 Å². The SMILES string of the molecule is Cc1cc(=O)oc2c3c(ccc12)OC[NH+](Cc1cccc(Cl)c1)C3. The molecule has 0 spiro atoms. The predicted octanol–water partition coefficient (Wildman–Crippen LogP) is 2.69. The molecule has 1 N–H and O–H groups in total. The van der Waals surface area contributed by atoms with E-state index in [1.54, 1.807) is 0 Å². The zero-order valence-corrected chi connectivity index (χ0v) is 14.0. The Kier molecular flexibility index (Phi) is 3.79. The lowest BCUT2D eigenvalue weighted by Gasteiger charge is -2.26. The second kappa shape index (κ2) is 5.96. The Morgan fingerprint density at radius 3 is 2.92 bits per heavy atom. The van der Waals surface area contributed by atoms with Crippen LogP contribution in [0.1, 0.15) is 16.7 Å². The average Bonchev–Trinajstić information content (AvgIpc) is 2.54. The fourth-order valence-corrected chi connectivity index (χ4v) is 3.47. The highest BCUT2D eigenvalue weighted by molar-refractivity contribution is 6.30. The molecular formula is C19H17ClNO3+. The van der Waals surface area contributed by atoms with Gasteiger partial charge in [-0.05, 0) is 36.8 Å². The van der Waals surface area contributed by atoms with Crippen LogP contribution in [0.2, 0.25) is 5.02 Å². The van der Waals surface area contributed by atoms with Crippen molar-refractivity contribution in [3.63, 3.8) is 0 Å². The van der Waals surface area contributed by atoms with Gasteiger partial charge < -0.3 is 9.15 Å². The highest BCUT2D eigenvalue weighted by Gasteiger charge is 2.24. The molecule has 1 aliphatic heterocycles. The summed E-state index contributed by atoms with van der Waals surface area (Å²) < 4.78 is 11.4. The van der Waals surface area contributed by atoms with E-state index in [9.17, 15) is 4.79 Å². The van der Waals surface area contributed by atoms with Gasteiger partial charge in [-0.3, -0.25) is 4.90 Å². The average molecular weight is 343 g/mol. The van der Waals surface area contributed by atoms with E-state index >= 15 is 0 Å². The molecule has 5 heteroatoms. The van der Waals surface area contributed by atoms with E-state index in [0.29, 0.717) is 12.3 Å². The number of quaternary nitrogens is 1. The minimum atomic E-state index is -0.324. The van der Waals surface area contributed by atoms with E-state index < -0.39 is 0 Å². The highest BCUT2D eigenvalue weighted by Crippen LogP contribution is 2.29. The van der Waals surface area contributed by atoms with Gasteiger partial charge in [0.25, 0.3) is 0 Å². The summed E-state index contributed by atoms with van der Waals surface area (Å²) in [4.78, 5) is 13.0. The Bertz CT molecular complexity index is 980. The van der Waals surface area contributed by atoms with E-state index in [2.05, 4.69) is 6.07 Å². The van der Waals surface area contributed by atoms with Gasteiger partial charge in [-0.25, -0.2) is 4.79 Å². The van der Waals surface area contributed by atoms with E-state index in [-0.39, 0.29) is 5.63 Å². The van der Waals surface area contributed by atoms with E-state index in [0.717, 1.165) is 45.9 Å². The monoisotopic (exact) mass is 342 g/mol. The molecule has 1 aromatic heterocycles. The molecule has 0 aliphatic carbocycles. The summed E-state index contributed by atoms with van der Waals surface area (Å²) >= 11 is 6.07. The Labute approximate surface area is 144 Å². The summed E-state index contributed by atoms with van der Waals surface area (Å²) in [5.74, 6) is 0.797. The summed E-state index contributed by atoms with van der Waals surface area (Å²) in [5.41, 5.74) is 3.35. The van der Waals surface area contributed by atoms with Crippen molar-refractivity contribution in [1.29, 1.82) is 0 Å². The molecule has 4 rings (SSSR count). The highest BCUT2D eigenvalue weighted by atomic mass is 35.5. The number of halogens is 1. The molecule has 0 radical (unpaired) electrons. The Hall–Kier alpha value is -2.30. The standard InChI is InChI=1S/C19H16ClNO3/c1-12-7-18(22)24-19-15(12)5-6-17-16(19)10-21(11-23-17)9-13-3-2-4-14(20)8-13/h2-8H,9-11H2,1H3/p+1. The van der Waals surface area contributed by atoms with Crippen molar-refractivity contribution in [2.24, 2.45) is 0 Å². The molecule has 2 aromatic carbocycles. The molecule has 122 valence electrons. The number of fused-ring (bicyclic) bond motifs is 3. The van der Waals surface area contributed by atoms with Crippen LogP contribution in [0.25, 0.3) is 11.0 Å². The maximum atomic E-state index is 11.8. The zero-order chi connectivity index (χ0) is 16.7. The Morgan fingerprint density at radius 2 is 2.08 bits per heavy atom. The topological polar surface area (TPSA) is 43.9 Å². The van der Waals surface area contributed by atoms with Crippen LogP contribution < -0.4 is 15.3 Å². The first kappa shape index (κ1) is 15.2. The molecule has 1 unspecified atom stereocenters. The third-order valence-electron chi connectivity index (χ3n) is 4.38. The zero-order valence-electron chi connectivity index (χ0n) is 13.3. The number of ether oxygens (including phenoxy) is 1. The van der Waals surface area contributed by atoms with Gasteiger partial charge in [0.1, 0.15) is 18.8 Å². The number of hydrogen-bond acceptors (Lipinski definition) is 3. The number of aryl methyl sites for hydroxylation is 1. The molecule has 3 aromatic rings. The molecule has 4 nitrogen and oxygen atoms in total. The van der Waals surface area contributed by atoms with E-state index in [1.165, 1.54) is 11.0 Å². The second-order valence-electron chi connectivity index (χ2n) is 6.19. The number of hydrogen-bond donors (Lipinski definition) is 1. The van der Waals surface area contributed by atoms with Crippen molar-refractivity contribution in [1.82, 2.24) is 0 Å². The first-order valence-corrected chi connectivity index (χ1v) is 8.25. The van der Waals surface area contributed by atoms with Gasteiger partial charge in [0.15, 0.2) is 5.58 Å². The molecule has 0 bridgehead atoms. The van der Waals surface area contributed by atoms with Gasteiger partial charge in [-0.2, -0.15) is 0 Å². The van der Waals surface area contributed by atoms with Crippen molar-refractivity contribution >= 4 is 22.6 Å². The largest absolute Gasteiger partial charge is 0.445 e. The van der Waals surface area contributed by atoms with Gasteiger partial charge in [0, 0.05) is 22.0 Å². The van der Waals surface area contributed by atoms with Crippen LogP contribution in [0.15, 0.2) is 51.7 Å².